The summed E-state index contributed by atoms with van der Waals surface area (Å²) in [6, 6.07) is 7.81. The lowest BCUT2D eigenvalue weighted by atomic mass is 9.85. The van der Waals surface area contributed by atoms with Crippen LogP contribution in [0.2, 0.25) is 0 Å². The van der Waals surface area contributed by atoms with E-state index in [-0.39, 0.29) is 18.6 Å². The summed E-state index contributed by atoms with van der Waals surface area (Å²) >= 11 is 0. The minimum atomic E-state index is 0.0799. The van der Waals surface area contributed by atoms with Crippen molar-refractivity contribution >= 4 is 17.8 Å². The van der Waals surface area contributed by atoms with Crippen LogP contribution in [0.1, 0.15) is 17.2 Å². The van der Waals surface area contributed by atoms with Crippen LogP contribution >= 0.6 is 0 Å². The van der Waals surface area contributed by atoms with E-state index in [1.807, 2.05) is 25.4 Å². The van der Waals surface area contributed by atoms with E-state index in [2.05, 4.69) is 23.1 Å². The molecule has 0 bridgehead atoms. The standard InChI is InChI=1S/C20H17NO4/c1-21-9-15-12(5-6-16(22)20(15)23-2)13-4-3-11-7-17-18(25-10-24-17)8-14(11)19(13)21/h3-9,19,22H,10H2,1-2H3. The highest BCUT2D eigenvalue weighted by molar-refractivity contribution is 5.81. The molecule has 0 fully saturated rings. The van der Waals surface area contributed by atoms with Gasteiger partial charge in [0, 0.05) is 18.5 Å². The van der Waals surface area contributed by atoms with Crippen molar-refractivity contribution in [2.24, 2.45) is 0 Å². The summed E-state index contributed by atoms with van der Waals surface area (Å²) in [5, 5.41) is 12.1. The summed E-state index contributed by atoms with van der Waals surface area (Å²) in [5.41, 5.74) is 3.48. The molecular weight excluding hydrogens is 318 g/mol. The summed E-state index contributed by atoms with van der Waals surface area (Å²) in [6.45, 7) is 0.268. The maximum Gasteiger partial charge on any atom is 0.231 e. The molecule has 0 aromatic heterocycles. The molecule has 5 heteroatoms. The number of hydrogen-bond donors (Lipinski definition) is 1. The van der Waals surface area contributed by atoms with Crippen molar-refractivity contribution in [1.29, 1.82) is 0 Å². The number of fused-ring (bicyclic) bond motifs is 5. The van der Waals surface area contributed by atoms with Gasteiger partial charge in [-0.3, -0.25) is 0 Å². The molecule has 2 aromatic rings. The van der Waals surface area contributed by atoms with Gasteiger partial charge in [-0.15, -0.1) is 0 Å². The SMILES string of the molecule is COc1c(O)ccc2c1=CN(C)C1C=2C=Cc2cc3c(cc21)OCO3. The molecule has 0 saturated carbocycles. The second-order valence-electron chi connectivity index (χ2n) is 6.40. The third-order valence-electron chi connectivity index (χ3n) is 5.04. The second kappa shape index (κ2) is 4.96. The Balaban J connectivity index is 1.81. The highest BCUT2D eigenvalue weighted by Gasteiger charge is 2.30. The molecule has 0 saturated heterocycles. The van der Waals surface area contributed by atoms with Gasteiger partial charge in [-0.1, -0.05) is 18.2 Å². The quantitative estimate of drug-likeness (QED) is 0.860. The molecule has 126 valence electrons. The fourth-order valence-corrected chi connectivity index (χ4v) is 3.93. The van der Waals surface area contributed by atoms with E-state index >= 15 is 0 Å². The van der Waals surface area contributed by atoms with Crippen molar-refractivity contribution < 1.29 is 19.3 Å². The van der Waals surface area contributed by atoms with Crippen LogP contribution in [0.15, 0.2) is 30.3 Å². The van der Waals surface area contributed by atoms with Crippen LogP contribution in [0, 0.1) is 0 Å². The zero-order valence-corrected chi connectivity index (χ0v) is 13.9. The zero-order chi connectivity index (χ0) is 17.1. The number of ether oxygens (including phenoxy) is 3. The van der Waals surface area contributed by atoms with E-state index in [1.54, 1.807) is 13.2 Å². The minimum absolute atomic E-state index is 0.0799. The lowest BCUT2D eigenvalue weighted by molar-refractivity contribution is 0.174. The molecule has 25 heavy (non-hydrogen) atoms. The molecule has 1 aliphatic carbocycles. The number of aromatic hydroxyl groups is 1. The molecule has 1 atom stereocenters. The fourth-order valence-electron chi connectivity index (χ4n) is 3.93. The first-order valence-electron chi connectivity index (χ1n) is 8.13. The first-order valence-corrected chi connectivity index (χ1v) is 8.13. The number of nitrogens with zero attached hydrogens (tertiary/aromatic N) is 1. The van der Waals surface area contributed by atoms with Crippen LogP contribution < -0.4 is 24.6 Å². The van der Waals surface area contributed by atoms with Gasteiger partial charge in [0.05, 0.1) is 13.2 Å². The molecule has 2 aliphatic heterocycles. The smallest absolute Gasteiger partial charge is 0.231 e. The van der Waals surface area contributed by atoms with Crippen molar-refractivity contribution in [3.63, 3.8) is 0 Å². The monoisotopic (exact) mass is 335 g/mol. The van der Waals surface area contributed by atoms with Crippen molar-refractivity contribution in [2.45, 2.75) is 6.04 Å². The normalized spacial score (nSPS) is 19.0. The average molecular weight is 335 g/mol. The van der Waals surface area contributed by atoms with Gasteiger partial charge in [0.25, 0.3) is 0 Å². The Labute approximate surface area is 144 Å². The van der Waals surface area contributed by atoms with Crippen molar-refractivity contribution in [3.05, 3.63) is 51.9 Å². The number of phenolic OH excluding ortho intramolecular Hbond substituents is 1. The van der Waals surface area contributed by atoms with Crippen LogP contribution in [-0.4, -0.2) is 31.0 Å². The molecule has 2 aromatic carbocycles. The Hall–Kier alpha value is -3.08. The van der Waals surface area contributed by atoms with Crippen LogP contribution in [0.4, 0.5) is 0 Å². The summed E-state index contributed by atoms with van der Waals surface area (Å²) in [7, 11) is 3.61. The number of hydrogen-bond acceptors (Lipinski definition) is 5. The van der Waals surface area contributed by atoms with Crippen molar-refractivity contribution in [1.82, 2.24) is 4.90 Å². The summed E-state index contributed by atoms with van der Waals surface area (Å²) in [4.78, 5) is 2.14. The van der Waals surface area contributed by atoms with Gasteiger partial charge in [0.15, 0.2) is 23.0 Å². The third kappa shape index (κ3) is 1.89. The number of methoxy groups -OCH3 is 1. The largest absolute Gasteiger partial charge is 0.504 e. The van der Waals surface area contributed by atoms with Crippen molar-refractivity contribution in [2.75, 3.05) is 21.0 Å². The lowest BCUT2D eigenvalue weighted by Gasteiger charge is -2.35. The number of phenols is 1. The summed E-state index contributed by atoms with van der Waals surface area (Å²) < 4.78 is 16.5. The average Bonchev–Trinajstić information content (AvgIpc) is 3.06. The van der Waals surface area contributed by atoms with Gasteiger partial charge in [0.2, 0.25) is 6.79 Å². The topological polar surface area (TPSA) is 51.2 Å². The highest BCUT2D eigenvalue weighted by atomic mass is 16.7. The Kier molecular flexibility index (Phi) is 2.83. The van der Waals surface area contributed by atoms with Gasteiger partial charge < -0.3 is 24.2 Å². The minimum Gasteiger partial charge on any atom is -0.504 e. The molecule has 1 unspecified atom stereocenters. The van der Waals surface area contributed by atoms with Gasteiger partial charge in [-0.2, -0.15) is 0 Å². The van der Waals surface area contributed by atoms with E-state index in [1.165, 1.54) is 11.1 Å². The Morgan fingerprint density at radius 3 is 2.76 bits per heavy atom. The Morgan fingerprint density at radius 1 is 1.16 bits per heavy atom. The molecule has 5 nitrogen and oxygen atoms in total. The molecule has 3 aliphatic rings. The lowest BCUT2D eigenvalue weighted by Crippen LogP contribution is -2.40. The van der Waals surface area contributed by atoms with Gasteiger partial charge >= 0.3 is 0 Å². The van der Waals surface area contributed by atoms with E-state index in [9.17, 15) is 5.11 Å². The van der Waals surface area contributed by atoms with E-state index in [4.69, 9.17) is 14.2 Å². The number of rotatable bonds is 1. The third-order valence-corrected chi connectivity index (χ3v) is 5.04. The number of benzene rings is 2. The predicted molar refractivity (Wildman–Crippen MR) is 93.9 cm³/mol. The first kappa shape index (κ1) is 14.3. The second-order valence-corrected chi connectivity index (χ2v) is 6.40. The van der Waals surface area contributed by atoms with Gasteiger partial charge in [-0.25, -0.2) is 0 Å². The Bertz CT molecular complexity index is 1050. The fraction of sp³-hybridized carbons (Fsp3) is 0.200. The maximum atomic E-state index is 10.1. The van der Waals surface area contributed by atoms with Crippen LogP contribution in [0.3, 0.4) is 0 Å². The highest BCUT2D eigenvalue weighted by Crippen LogP contribution is 2.44. The molecule has 0 spiro atoms. The van der Waals surface area contributed by atoms with E-state index < -0.39 is 0 Å². The summed E-state index contributed by atoms with van der Waals surface area (Å²) in [5.74, 6) is 2.23. The molecule has 5 rings (SSSR count). The first-order chi connectivity index (χ1) is 12.2. The zero-order valence-electron chi connectivity index (χ0n) is 13.9. The molecule has 2 heterocycles. The molecule has 0 amide bonds. The van der Waals surface area contributed by atoms with E-state index in [0.29, 0.717) is 5.75 Å². The van der Waals surface area contributed by atoms with Crippen LogP contribution in [0.25, 0.3) is 17.8 Å². The molecule has 0 radical (unpaired) electrons. The van der Waals surface area contributed by atoms with E-state index in [0.717, 1.165) is 27.5 Å². The maximum absolute atomic E-state index is 10.1. The van der Waals surface area contributed by atoms with Gasteiger partial charge in [0.1, 0.15) is 0 Å². The van der Waals surface area contributed by atoms with Gasteiger partial charge in [-0.05, 0) is 40.1 Å². The van der Waals surface area contributed by atoms with Crippen LogP contribution in [0.5, 0.6) is 23.0 Å². The Morgan fingerprint density at radius 2 is 1.96 bits per heavy atom. The predicted octanol–water partition coefficient (Wildman–Crippen LogP) is 1.73. The summed E-state index contributed by atoms with van der Waals surface area (Å²) in [6.07, 6.45) is 6.26. The van der Waals surface area contributed by atoms with Crippen LogP contribution in [-0.2, 0) is 0 Å². The molecule has 1 N–H and O–H groups in total. The van der Waals surface area contributed by atoms with Crippen molar-refractivity contribution in [3.8, 4) is 23.0 Å². The molecular formula is C20H17NO4.